The molecule has 2 aliphatic rings. The maximum absolute atomic E-state index is 3.44. The van der Waals surface area contributed by atoms with Crippen molar-refractivity contribution in [2.24, 2.45) is 5.92 Å². The number of piperazine rings is 1. The van der Waals surface area contributed by atoms with Crippen LogP contribution < -0.4 is 5.32 Å². The average Bonchev–Trinajstić information content (AvgIpc) is 2.50. The van der Waals surface area contributed by atoms with Gasteiger partial charge in [0.05, 0.1) is 0 Å². The van der Waals surface area contributed by atoms with Crippen LogP contribution in [-0.2, 0) is 6.54 Å². The molecule has 1 aliphatic carbocycles. The van der Waals surface area contributed by atoms with Gasteiger partial charge in [0.25, 0.3) is 0 Å². The summed E-state index contributed by atoms with van der Waals surface area (Å²) in [7, 11) is 0. The minimum absolute atomic E-state index is 0.810. The summed E-state index contributed by atoms with van der Waals surface area (Å²) in [5.41, 5.74) is 3.21. The molecule has 1 saturated heterocycles. The molecule has 2 heteroatoms. The number of hydrogen-bond donors (Lipinski definition) is 1. The van der Waals surface area contributed by atoms with Crippen LogP contribution in [0.25, 0.3) is 0 Å². The summed E-state index contributed by atoms with van der Waals surface area (Å²) in [6.45, 7) is 8.21. The van der Waals surface area contributed by atoms with E-state index in [0.717, 1.165) is 31.5 Å². The zero-order valence-corrected chi connectivity index (χ0v) is 12.8. The first kappa shape index (κ1) is 14.1. The lowest BCUT2D eigenvalue weighted by Gasteiger charge is -2.31. The summed E-state index contributed by atoms with van der Waals surface area (Å²) in [6.07, 6.45) is 5.60. The zero-order valence-electron chi connectivity index (χ0n) is 12.8. The summed E-state index contributed by atoms with van der Waals surface area (Å²) in [5.74, 6) is 1.75. The summed E-state index contributed by atoms with van der Waals surface area (Å²) in [5, 5.41) is 3.44. The van der Waals surface area contributed by atoms with Crippen molar-refractivity contribution in [3.63, 3.8) is 0 Å². The molecule has 0 unspecified atom stereocenters. The minimum Gasteiger partial charge on any atom is -0.314 e. The van der Waals surface area contributed by atoms with E-state index < -0.39 is 0 Å². The first-order valence-corrected chi connectivity index (χ1v) is 8.34. The molecule has 3 rings (SSSR count). The zero-order chi connectivity index (χ0) is 13.8. The molecule has 0 bridgehead atoms. The fourth-order valence-electron chi connectivity index (χ4n) is 3.76. The van der Waals surface area contributed by atoms with Crippen molar-refractivity contribution in [2.75, 3.05) is 26.2 Å². The number of nitrogens with zero attached hydrogens (tertiary/aromatic N) is 1. The third-order valence-electron chi connectivity index (χ3n) is 5.11. The van der Waals surface area contributed by atoms with Crippen molar-refractivity contribution in [2.45, 2.75) is 45.1 Å². The molecule has 1 heterocycles. The summed E-state index contributed by atoms with van der Waals surface area (Å²) >= 11 is 0. The Morgan fingerprint density at radius 1 is 1.05 bits per heavy atom. The lowest BCUT2D eigenvalue weighted by atomic mass is 9.78. The minimum atomic E-state index is 0.810. The van der Waals surface area contributed by atoms with E-state index in [1.807, 2.05) is 0 Å². The van der Waals surface area contributed by atoms with Gasteiger partial charge in [-0.05, 0) is 35.8 Å². The lowest BCUT2D eigenvalue weighted by molar-refractivity contribution is 0.231. The molecule has 1 N–H and O–H groups in total. The van der Waals surface area contributed by atoms with Crippen LogP contribution in [0.15, 0.2) is 24.3 Å². The van der Waals surface area contributed by atoms with E-state index in [1.54, 1.807) is 11.1 Å². The molecule has 1 aliphatic heterocycles. The smallest absolute Gasteiger partial charge is 0.0237 e. The van der Waals surface area contributed by atoms with Crippen molar-refractivity contribution < 1.29 is 0 Å². The standard InChI is InChI=1S/C18H28N2/c1-15-6-8-16(9-7-15)18-5-3-2-4-17(18)14-20-12-10-19-11-13-20/h2-5,15-16,19H,6-14H2,1H3. The predicted molar refractivity (Wildman–Crippen MR) is 85.0 cm³/mol. The van der Waals surface area contributed by atoms with E-state index in [2.05, 4.69) is 41.4 Å². The molecule has 2 fully saturated rings. The SMILES string of the molecule is CC1CCC(c2ccccc2CN2CCNCC2)CC1. The van der Waals surface area contributed by atoms with Gasteiger partial charge in [-0.3, -0.25) is 4.90 Å². The Morgan fingerprint density at radius 2 is 1.75 bits per heavy atom. The molecule has 1 aromatic carbocycles. The monoisotopic (exact) mass is 272 g/mol. The number of nitrogens with one attached hydrogen (secondary N) is 1. The van der Waals surface area contributed by atoms with Gasteiger partial charge in [0, 0.05) is 32.7 Å². The molecule has 2 nitrogen and oxygen atoms in total. The first-order valence-electron chi connectivity index (χ1n) is 8.34. The largest absolute Gasteiger partial charge is 0.314 e. The molecular weight excluding hydrogens is 244 g/mol. The Hall–Kier alpha value is -0.860. The Morgan fingerprint density at radius 3 is 2.50 bits per heavy atom. The molecule has 110 valence electrons. The highest BCUT2D eigenvalue weighted by molar-refractivity contribution is 5.31. The molecule has 0 aromatic heterocycles. The van der Waals surface area contributed by atoms with Crippen LogP contribution in [0.1, 0.15) is 49.7 Å². The van der Waals surface area contributed by atoms with Crippen LogP contribution in [0.3, 0.4) is 0 Å². The van der Waals surface area contributed by atoms with Crippen molar-refractivity contribution in [3.8, 4) is 0 Å². The van der Waals surface area contributed by atoms with E-state index in [-0.39, 0.29) is 0 Å². The third-order valence-corrected chi connectivity index (χ3v) is 5.11. The molecule has 1 saturated carbocycles. The molecule has 0 spiro atoms. The number of rotatable bonds is 3. The maximum atomic E-state index is 3.44. The quantitative estimate of drug-likeness (QED) is 0.907. The maximum Gasteiger partial charge on any atom is 0.0237 e. The predicted octanol–water partition coefficient (Wildman–Crippen LogP) is 3.39. The molecular formula is C18H28N2. The second-order valence-electron chi connectivity index (χ2n) is 6.68. The normalized spacial score (nSPS) is 28.4. The number of hydrogen-bond acceptors (Lipinski definition) is 2. The second kappa shape index (κ2) is 6.73. The topological polar surface area (TPSA) is 15.3 Å². The van der Waals surface area contributed by atoms with Gasteiger partial charge in [-0.15, -0.1) is 0 Å². The summed E-state index contributed by atoms with van der Waals surface area (Å²) in [4.78, 5) is 2.60. The molecule has 20 heavy (non-hydrogen) atoms. The lowest BCUT2D eigenvalue weighted by Crippen LogP contribution is -2.43. The van der Waals surface area contributed by atoms with Crippen LogP contribution in [-0.4, -0.2) is 31.1 Å². The van der Waals surface area contributed by atoms with E-state index in [9.17, 15) is 0 Å². The Labute approximate surface area is 123 Å². The van der Waals surface area contributed by atoms with Gasteiger partial charge in [-0.1, -0.05) is 44.0 Å². The molecule has 0 atom stereocenters. The van der Waals surface area contributed by atoms with E-state index in [0.29, 0.717) is 0 Å². The fourth-order valence-corrected chi connectivity index (χ4v) is 3.76. The van der Waals surface area contributed by atoms with Gasteiger partial charge < -0.3 is 5.32 Å². The van der Waals surface area contributed by atoms with Gasteiger partial charge in [0.1, 0.15) is 0 Å². The van der Waals surface area contributed by atoms with Gasteiger partial charge in [-0.25, -0.2) is 0 Å². The van der Waals surface area contributed by atoms with E-state index in [1.165, 1.54) is 38.8 Å². The van der Waals surface area contributed by atoms with Crippen molar-refractivity contribution in [3.05, 3.63) is 35.4 Å². The van der Waals surface area contributed by atoms with Crippen molar-refractivity contribution >= 4 is 0 Å². The van der Waals surface area contributed by atoms with E-state index in [4.69, 9.17) is 0 Å². The highest BCUT2D eigenvalue weighted by Crippen LogP contribution is 2.37. The summed E-state index contributed by atoms with van der Waals surface area (Å²) in [6, 6.07) is 9.19. The van der Waals surface area contributed by atoms with Gasteiger partial charge in [-0.2, -0.15) is 0 Å². The Bertz CT molecular complexity index is 415. The van der Waals surface area contributed by atoms with Crippen molar-refractivity contribution in [1.82, 2.24) is 10.2 Å². The molecule has 1 aromatic rings. The highest BCUT2D eigenvalue weighted by Gasteiger charge is 2.22. The second-order valence-corrected chi connectivity index (χ2v) is 6.68. The third kappa shape index (κ3) is 3.42. The molecule has 0 radical (unpaired) electrons. The van der Waals surface area contributed by atoms with Gasteiger partial charge in [0.15, 0.2) is 0 Å². The Balaban J connectivity index is 1.70. The van der Waals surface area contributed by atoms with Crippen LogP contribution in [0.4, 0.5) is 0 Å². The van der Waals surface area contributed by atoms with Crippen molar-refractivity contribution in [1.29, 1.82) is 0 Å². The summed E-state index contributed by atoms with van der Waals surface area (Å²) < 4.78 is 0. The van der Waals surface area contributed by atoms with E-state index >= 15 is 0 Å². The number of benzene rings is 1. The molecule has 0 amide bonds. The first-order chi connectivity index (χ1) is 9.83. The highest BCUT2D eigenvalue weighted by atomic mass is 15.2. The van der Waals surface area contributed by atoms with Gasteiger partial charge >= 0.3 is 0 Å². The Kier molecular flexibility index (Phi) is 4.74. The van der Waals surface area contributed by atoms with Gasteiger partial charge in [0.2, 0.25) is 0 Å². The van der Waals surface area contributed by atoms with Crippen LogP contribution in [0, 0.1) is 5.92 Å². The fraction of sp³-hybridized carbons (Fsp3) is 0.667. The average molecular weight is 272 g/mol. The van der Waals surface area contributed by atoms with Crippen LogP contribution >= 0.6 is 0 Å². The van der Waals surface area contributed by atoms with Crippen LogP contribution in [0.5, 0.6) is 0 Å². The van der Waals surface area contributed by atoms with Crippen LogP contribution in [0.2, 0.25) is 0 Å².